The Kier molecular flexibility index (Phi) is 4.94. The highest BCUT2D eigenvalue weighted by molar-refractivity contribution is 7.99. The zero-order valence-electron chi connectivity index (χ0n) is 11.2. The lowest BCUT2D eigenvalue weighted by Gasteiger charge is -2.03. The molecule has 0 aliphatic carbocycles. The first-order chi connectivity index (χ1) is 10.1. The third-order valence-electron chi connectivity index (χ3n) is 2.56. The first-order valence-electron chi connectivity index (χ1n) is 6.05. The minimum absolute atomic E-state index is 0.0848. The Hall–Kier alpha value is -2.35. The van der Waals surface area contributed by atoms with Crippen molar-refractivity contribution in [2.75, 3.05) is 12.9 Å². The maximum Gasteiger partial charge on any atom is 0.311 e. The van der Waals surface area contributed by atoms with E-state index < -0.39 is 5.97 Å². The second-order valence-electron chi connectivity index (χ2n) is 4.09. The summed E-state index contributed by atoms with van der Waals surface area (Å²) in [5.74, 6) is -0.456. The Bertz CT molecular complexity index is 694. The summed E-state index contributed by atoms with van der Waals surface area (Å²) in [7, 11) is 1.26. The van der Waals surface area contributed by atoms with Crippen molar-refractivity contribution in [3.8, 4) is 0 Å². The summed E-state index contributed by atoms with van der Waals surface area (Å²) in [6.45, 7) is 0. The molecule has 0 bridgehead atoms. The van der Waals surface area contributed by atoms with Gasteiger partial charge in [0.2, 0.25) is 0 Å². The minimum atomic E-state index is -0.480. The van der Waals surface area contributed by atoms with Gasteiger partial charge in [-0.05, 0) is 12.1 Å². The first-order valence-corrected chi connectivity index (χ1v) is 7.03. The minimum Gasteiger partial charge on any atom is -0.469 e. The van der Waals surface area contributed by atoms with Crippen molar-refractivity contribution in [1.82, 2.24) is 15.0 Å². The van der Waals surface area contributed by atoms with Gasteiger partial charge in [-0.2, -0.15) is 0 Å². The second kappa shape index (κ2) is 6.89. The van der Waals surface area contributed by atoms with Gasteiger partial charge < -0.3 is 14.7 Å². The fourth-order valence-corrected chi connectivity index (χ4v) is 2.36. The fourth-order valence-electron chi connectivity index (χ4n) is 1.58. The molecular weight excluding hydrogens is 294 g/mol. The molecule has 2 aromatic rings. The molecule has 0 fully saturated rings. The largest absolute Gasteiger partial charge is 0.469 e. The van der Waals surface area contributed by atoms with E-state index in [0.717, 1.165) is 11.8 Å². The van der Waals surface area contributed by atoms with E-state index in [-0.39, 0.29) is 23.5 Å². The summed E-state index contributed by atoms with van der Waals surface area (Å²) in [6, 6.07) is 4.63. The highest BCUT2D eigenvalue weighted by atomic mass is 32.2. The Morgan fingerprint density at radius 3 is 2.90 bits per heavy atom. The number of carbonyl (C=O) groups excluding carboxylic acids is 2. The molecule has 0 aliphatic heterocycles. The Morgan fingerprint density at radius 2 is 2.24 bits per heavy atom. The second-order valence-corrected chi connectivity index (χ2v) is 5.05. The molecule has 0 saturated carbocycles. The fraction of sp³-hybridized carbons (Fsp3) is 0.231. The molecule has 0 unspecified atom stereocenters. The summed E-state index contributed by atoms with van der Waals surface area (Å²) in [6.07, 6.45) is 1.58. The van der Waals surface area contributed by atoms with Gasteiger partial charge in [0.05, 0.1) is 30.7 Å². The highest BCUT2D eigenvalue weighted by Gasteiger charge is 2.11. The number of ketones is 1. The lowest BCUT2D eigenvalue weighted by molar-refractivity contribution is -0.139. The first kappa shape index (κ1) is 15.0. The summed E-state index contributed by atoms with van der Waals surface area (Å²) >= 11 is 1.10. The third kappa shape index (κ3) is 4.32. The number of nitrogens with zero attached hydrogens (tertiary/aromatic N) is 1. The van der Waals surface area contributed by atoms with Crippen molar-refractivity contribution in [1.29, 1.82) is 0 Å². The SMILES string of the molecule is COC(=O)Cc1cc(=O)[nH]c(SCC(=O)c2ccc[nH]2)n1. The maximum absolute atomic E-state index is 11.8. The van der Waals surface area contributed by atoms with Gasteiger partial charge in [0.25, 0.3) is 5.56 Å². The number of aromatic amines is 2. The molecule has 2 N–H and O–H groups in total. The number of rotatable bonds is 6. The van der Waals surface area contributed by atoms with Crippen LogP contribution in [0.4, 0.5) is 0 Å². The topological polar surface area (TPSA) is 105 Å². The van der Waals surface area contributed by atoms with Crippen molar-refractivity contribution in [3.05, 3.63) is 46.1 Å². The number of methoxy groups -OCH3 is 1. The van der Waals surface area contributed by atoms with Crippen LogP contribution in [0.5, 0.6) is 0 Å². The maximum atomic E-state index is 11.8. The number of hydrogen-bond acceptors (Lipinski definition) is 6. The van der Waals surface area contributed by atoms with E-state index in [1.165, 1.54) is 13.2 Å². The number of carbonyl (C=O) groups is 2. The van der Waals surface area contributed by atoms with Crippen molar-refractivity contribution in [2.24, 2.45) is 0 Å². The van der Waals surface area contributed by atoms with Gasteiger partial charge in [-0.25, -0.2) is 4.98 Å². The molecule has 0 amide bonds. The van der Waals surface area contributed by atoms with Gasteiger partial charge in [-0.3, -0.25) is 14.4 Å². The number of thioether (sulfide) groups is 1. The molecule has 7 nitrogen and oxygen atoms in total. The monoisotopic (exact) mass is 307 g/mol. The zero-order valence-corrected chi connectivity index (χ0v) is 12.0. The third-order valence-corrected chi connectivity index (χ3v) is 3.44. The van der Waals surface area contributed by atoms with E-state index in [1.54, 1.807) is 18.3 Å². The average Bonchev–Trinajstić information content (AvgIpc) is 2.98. The number of aromatic nitrogens is 3. The lowest BCUT2D eigenvalue weighted by Crippen LogP contribution is -2.14. The van der Waals surface area contributed by atoms with Gasteiger partial charge in [-0.1, -0.05) is 11.8 Å². The average molecular weight is 307 g/mol. The molecule has 0 saturated heterocycles. The quantitative estimate of drug-likeness (QED) is 0.354. The molecule has 110 valence electrons. The molecule has 21 heavy (non-hydrogen) atoms. The lowest BCUT2D eigenvalue weighted by atomic mass is 10.3. The van der Waals surface area contributed by atoms with E-state index in [2.05, 4.69) is 19.7 Å². The van der Waals surface area contributed by atoms with E-state index in [1.807, 2.05) is 0 Å². The van der Waals surface area contributed by atoms with Crippen LogP contribution in [-0.4, -0.2) is 39.6 Å². The predicted molar refractivity (Wildman–Crippen MR) is 76.4 cm³/mol. The van der Waals surface area contributed by atoms with E-state index >= 15 is 0 Å². The zero-order chi connectivity index (χ0) is 15.2. The molecule has 2 rings (SSSR count). The molecule has 8 heteroatoms. The molecule has 0 spiro atoms. The molecule has 0 aromatic carbocycles. The predicted octanol–water partition coefficient (Wildman–Crippen LogP) is 0.788. The number of nitrogens with one attached hydrogen (secondary N) is 2. The summed E-state index contributed by atoms with van der Waals surface area (Å²) in [4.78, 5) is 44.0. The number of esters is 1. The van der Waals surface area contributed by atoms with Gasteiger partial charge in [-0.15, -0.1) is 0 Å². The van der Waals surface area contributed by atoms with Crippen molar-refractivity contribution in [2.45, 2.75) is 11.6 Å². The molecule has 0 aliphatic rings. The van der Waals surface area contributed by atoms with Gasteiger partial charge in [0.15, 0.2) is 10.9 Å². The number of H-pyrrole nitrogens is 2. The van der Waals surface area contributed by atoms with Gasteiger partial charge >= 0.3 is 5.97 Å². The summed E-state index contributed by atoms with van der Waals surface area (Å²) < 4.78 is 4.52. The van der Waals surface area contributed by atoms with Crippen LogP contribution < -0.4 is 5.56 Å². The van der Waals surface area contributed by atoms with Crippen LogP contribution >= 0.6 is 11.8 Å². The number of Topliss-reactive ketones (excluding diaryl/α,β-unsaturated/α-hetero) is 1. The van der Waals surface area contributed by atoms with Crippen LogP contribution in [0.1, 0.15) is 16.2 Å². The normalized spacial score (nSPS) is 10.3. The Balaban J connectivity index is 2.04. The number of ether oxygens (including phenoxy) is 1. The molecule has 2 heterocycles. The molecular formula is C13H13N3O4S. The standard InChI is InChI=1S/C13H13N3O4S/c1-20-12(19)6-8-5-11(18)16-13(15-8)21-7-10(17)9-3-2-4-14-9/h2-5,14H,6-7H2,1H3,(H,15,16,18). The summed E-state index contributed by atoms with van der Waals surface area (Å²) in [5.41, 5.74) is 0.426. The number of hydrogen-bond donors (Lipinski definition) is 2. The van der Waals surface area contributed by atoms with Crippen LogP contribution in [0.15, 0.2) is 34.3 Å². The highest BCUT2D eigenvalue weighted by Crippen LogP contribution is 2.13. The molecule has 0 radical (unpaired) electrons. The summed E-state index contributed by atoms with van der Waals surface area (Å²) in [5, 5.41) is 0.293. The van der Waals surface area contributed by atoms with Crippen molar-refractivity contribution in [3.63, 3.8) is 0 Å². The Labute approximate surface area is 124 Å². The van der Waals surface area contributed by atoms with Crippen LogP contribution in [0, 0.1) is 0 Å². The van der Waals surface area contributed by atoms with E-state index in [0.29, 0.717) is 16.5 Å². The molecule has 2 aromatic heterocycles. The van der Waals surface area contributed by atoms with E-state index in [4.69, 9.17) is 0 Å². The molecule has 0 atom stereocenters. The Morgan fingerprint density at radius 1 is 1.43 bits per heavy atom. The van der Waals surface area contributed by atoms with Gasteiger partial charge in [0, 0.05) is 12.3 Å². The van der Waals surface area contributed by atoms with Crippen molar-refractivity contribution >= 4 is 23.5 Å². The van der Waals surface area contributed by atoms with Crippen molar-refractivity contribution < 1.29 is 14.3 Å². The smallest absolute Gasteiger partial charge is 0.311 e. The van der Waals surface area contributed by atoms with Crippen LogP contribution in [0.25, 0.3) is 0 Å². The van der Waals surface area contributed by atoms with Crippen LogP contribution in [0.3, 0.4) is 0 Å². The van der Waals surface area contributed by atoms with Gasteiger partial charge in [0.1, 0.15) is 0 Å². The van der Waals surface area contributed by atoms with Crippen LogP contribution in [0.2, 0.25) is 0 Å². The van der Waals surface area contributed by atoms with E-state index in [9.17, 15) is 14.4 Å². The van der Waals surface area contributed by atoms with Crippen LogP contribution in [-0.2, 0) is 16.0 Å².